The number of allylic oxidation sites excluding steroid dienone is 1. The van der Waals surface area contributed by atoms with E-state index in [0.29, 0.717) is 12.2 Å². The lowest BCUT2D eigenvalue weighted by molar-refractivity contribution is -0.137. The number of rotatable bonds is 6. The normalized spacial score (nSPS) is 14.2. The lowest BCUT2D eigenvalue weighted by Crippen LogP contribution is -2.27. The fraction of sp³-hybridized carbons (Fsp3) is 0.429. The molecule has 1 aliphatic carbocycles. The van der Waals surface area contributed by atoms with E-state index in [1.54, 1.807) is 18.3 Å². The number of aliphatic carboxylic acids is 1. The highest BCUT2D eigenvalue weighted by Crippen LogP contribution is 2.19. The van der Waals surface area contributed by atoms with Crippen molar-refractivity contribution in [3.8, 4) is 0 Å². The number of carboxylic acids is 1. The minimum absolute atomic E-state index is 0.194. The van der Waals surface area contributed by atoms with Crippen molar-refractivity contribution in [3.05, 3.63) is 35.7 Å². The summed E-state index contributed by atoms with van der Waals surface area (Å²) in [5.74, 6) is -1.17. The van der Waals surface area contributed by atoms with Crippen molar-refractivity contribution in [2.45, 2.75) is 32.2 Å². The quantitative estimate of drug-likeness (QED) is 0.768. The van der Waals surface area contributed by atoms with Gasteiger partial charge in [-0.2, -0.15) is 0 Å². The number of carboxylic acid groups (broad SMARTS) is 1. The molecule has 19 heavy (non-hydrogen) atoms. The number of carbonyl (C=O) groups is 2. The average molecular weight is 262 g/mol. The van der Waals surface area contributed by atoms with Crippen LogP contribution in [0.2, 0.25) is 0 Å². The molecule has 1 aromatic heterocycles. The lowest BCUT2D eigenvalue weighted by Gasteiger charge is -2.08. The molecular formula is C14H18N2O3. The molecule has 0 radical (unpaired) electrons. The Balaban J connectivity index is 1.85. The van der Waals surface area contributed by atoms with Crippen molar-refractivity contribution in [1.29, 1.82) is 0 Å². The van der Waals surface area contributed by atoms with Gasteiger partial charge in [-0.3, -0.25) is 9.59 Å². The summed E-state index contributed by atoms with van der Waals surface area (Å²) in [7, 11) is 0. The molecule has 1 heterocycles. The molecule has 2 N–H and O–H groups in total. The second kappa shape index (κ2) is 6.22. The molecule has 0 spiro atoms. The monoisotopic (exact) mass is 262 g/mol. The van der Waals surface area contributed by atoms with Gasteiger partial charge in [0.1, 0.15) is 12.2 Å². The van der Waals surface area contributed by atoms with Crippen LogP contribution in [0.4, 0.5) is 0 Å². The van der Waals surface area contributed by atoms with E-state index in [-0.39, 0.29) is 12.5 Å². The van der Waals surface area contributed by atoms with Gasteiger partial charge in [-0.05, 0) is 37.8 Å². The third kappa shape index (κ3) is 3.71. The highest BCUT2D eigenvalue weighted by molar-refractivity contribution is 5.93. The molecule has 0 atom stereocenters. The van der Waals surface area contributed by atoms with Crippen molar-refractivity contribution in [1.82, 2.24) is 9.88 Å². The summed E-state index contributed by atoms with van der Waals surface area (Å²) in [6.07, 6.45) is 8.20. The molecule has 0 saturated carbocycles. The van der Waals surface area contributed by atoms with Crippen molar-refractivity contribution in [2.24, 2.45) is 0 Å². The van der Waals surface area contributed by atoms with E-state index in [4.69, 9.17) is 5.11 Å². The minimum Gasteiger partial charge on any atom is -0.480 e. The van der Waals surface area contributed by atoms with Crippen LogP contribution in [0.3, 0.4) is 0 Å². The minimum atomic E-state index is -0.957. The number of nitrogens with zero attached hydrogens (tertiary/aromatic N) is 1. The molecule has 1 aliphatic rings. The second-order valence-electron chi connectivity index (χ2n) is 4.68. The molecule has 5 heteroatoms. The smallest absolute Gasteiger partial charge is 0.323 e. The summed E-state index contributed by atoms with van der Waals surface area (Å²) in [4.78, 5) is 22.6. The Kier molecular flexibility index (Phi) is 4.39. The molecule has 5 nitrogen and oxygen atoms in total. The van der Waals surface area contributed by atoms with E-state index in [0.717, 1.165) is 19.3 Å². The zero-order valence-electron chi connectivity index (χ0n) is 10.8. The SMILES string of the molecule is O=C(O)Cn1cccc1C(=O)NCCC1=CCCC1. The van der Waals surface area contributed by atoms with Gasteiger partial charge in [0.25, 0.3) is 5.91 Å². The molecule has 1 aromatic rings. The maximum Gasteiger partial charge on any atom is 0.323 e. The Hall–Kier alpha value is -2.04. The van der Waals surface area contributed by atoms with E-state index >= 15 is 0 Å². The summed E-state index contributed by atoms with van der Waals surface area (Å²) in [5.41, 5.74) is 1.80. The first-order valence-corrected chi connectivity index (χ1v) is 6.50. The van der Waals surface area contributed by atoms with E-state index in [1.165, 1.54) is 16.6 Å². The predicted molar refractivity (Wildman–Crippen MR) is 71.0 cm³/mol. The maximum absolute atomic E-state index is 11.9. The van der Waals surface area contributed by atoms with Crippen LogP contribution in [-0.4, -0.2) is 28.1 Å². The van der Waals surface area contributed by atoms with Crippen LogP contribution in [0.15, 0.2) is 30.0 Å². The molecule has 0 unspecified atom stereocenters. The lowest BCUT2D eigenvalue weighted by atomic mass is 10.2. The molecule has 2 rings (SSSR count). The van der Waals surface area contributed by atoms with Crippen LogP contribution in [-0.2, 0) is 11.3 Å². The zero-order valence-corrected chi connectivity index (χ0v) is 10.8. The summed E-state index contributed by atoms with van der Waals surface area (Å²) in [6, 6.07) is 3.31. The molecule has 0 aliphatic heterocycles. The highest BCUT2D eigenvalue weighted by Gasteiger charge is 2.12. The van der Waals surface area contributed by atoms with Crippen LogP contribution in [0.1, 0.15) is 36.2 Å². The molecule has 0 bridgehead atoms. The van der Waals surface area contributed by atoms with Gasteiger partial charge in [0, 0.05) is 12.7 Å². The van der Waals surface area contributed by atoms with Gasteiger partial charge in [0.15, 0.2) is 0 Å². The third-order valence-electron chi connectivity index (χ3n) is 3.23. The summed E-state index contributed by atoms with van der Waals surface area (Å²) in [5, 5.41) is 11.6. The van der Waals surface area contributed by atoms with Gasteiger partial charge >= 0.3 is 5.97 Å². The predicted octanol–water partition coefficient (Wildman–Crippen LogP) is 1.80. The molecular weight excluding hydrogens is 244 g/mol. The van der Waals surface area contributed by atoms with Gasteiger partial charge < -0.3 is 15.0 Å². The highest BCUT2D eigenvalue weighted by atomic mass is 16.4. The topological polar surface area (TPSA) is 71.3 Å². The average Bonchev–Trinajstić information content (AvgIpc) is 2.99. The molecule has 0 aromatic carbocycles. The van der Waals surface area contributed by atoms with E-state index < -0.39 is 5.97 Å². The molecule has 1 amide bonds. The number of amides is 1. The van der Waals surface area contributed by atoms with Gasteiger partial charge in [-0.15, -0.1) is 0 Å². The van der Waals surface area contributed by atoms with Gasteiger partial charge in [-0.1, -0.05) is 11.6 Å². The van der Waals surface area contributed by atoms with Crippen LogP contribution < -0.4 is 5.32 Å². The number of hydrogen-bond donors (Lipinski definition) is 2. The fourth-order valence-corrected chi connectivity index (χ4v) is 2.30. The van der Waals surface area contributed by atoms with Crippen LogP contribution in [0, 0.1) is 0 Å². The molecule has 102 valence electrons. The maximum atomic E-state index is 11.9. The summed E-state index contributed by atoms with van der Waals surface area (Å²) in [6.45, 7) is 0.407. The molecule has 0 fully saturated rings. The van der Waals surface area contributed by atoms with E-state index in [9.17, 15) is 9.59 Å². The molecule has 0 saturated heterocycles. The third-order valence-corrected chi connectivity index (χ3v) is 3.23. The van der Waals surface area contributed by atoms with Gasteiger partial charge in [-0.25, -0.2) is 0 Å². The number of carbonyl (C=O) groups excluding carboxylic acids is 1. The van der Waals surface area contributed by atoms with Crippen LogP contribution in [0.25, 0.3) is 0 Å². The Labute approximate surface area is 111 Å². The van der Waals surface area contributed by atoms with Crippen molar-refractivity contribution in [3.63, 3.8) is 0 Å². The standard InChI is InChI=1S/C14H18N2O3/c17-13(18)10-16-9-3-6-12(16)14(19)15-8-7-11-4-1-2-5-11/h3-4,6,9H,1-2,5,7-8,10H2,(H,15,19)(H,17,18). The first kappa shape index (κ1) is 13.4. The Bertz CT molecular complexity index is 503. The number of aromatic nitrogens is 1. The Morgan fingerprint density at radius 3 is 2.95 bits per heavy atom. The van der Waals surface area contributed by atoms with Gasteiger partial charge in [0.2, 0.25) is 0 Å². The van der Waals surface area contributed by atoms with Crippen LogP contribution in [0.5, 0.6) is 0 Å². The van der Waals surface area contributed by atoms with Crippen molar-refractivity contribution in [2.75, 3.05) is 6.54 Å². The number of hydrogen-bond acceptors (Lipinski definition) is 2. The van der Waals surface area contributed by atoms with Crippen LogP contribution >= 0.6 is 0 Å². The van der Waals surface area contributed by atoms with Crippen molar-refractivity contribution >= 4 is 11.9 Å². The van der Waals surface area contributed by atoms with E-state index in [2.05, 4.69) is 11.4 Å². The van der Waals surface area contributed by atoms with Gasteiger partial charge in [0.05, 0.1) is 0 Å². The first-order chi connectivity index (χ1) is 9.16. The Morgan fingerprint density at radius 2 is 2.26 bits per heavy atom. The first-order valence-electron chi connectivity index (χ1n) is 6.50. The van der Waals surface area contributed by atoms with E-state index in [1.807, 2.05) is 0 Å². The fourth-order valence-electron chi connectivity index (χ4n) is 2.30. The largest absolute Gasteiger partial charge is 0.480 e. The summed E-state index contributed by atoms with van der Waals surface area (Å²) < 4.78 is 1.44. The number of nitrogens with one attached hydrogen (secondary N) is 1. The van der Waals surface area contributed by atoms with Crippen molar-refractivity contribution < 1.29 is 14.7 Å². The zero-order chi connectivity index (χ0) is 13.7. The Morgan fingerprint density at radius 1 is 1.42 bits per heavy atom. The summed E-state index contributed by atoms with van der Waals surface area (Å²) >= 11 is 0. The second-order valence-corrected chi connectivity index (χ2v) is 4.68.